The standard InChI is InChI=1S/C16H9N3O4/c20-14-10-5-1-2-6-11(10)15(21)19(14)23-16(22)12-9-17-18-8-4-3-7-13(12)18/h1-9H. The summed E-state index contributed by atoms with van der Waals surface area (Å²) in [5.74, 6) is -2.13. The molecule has 7 nitrogen and oxygen atoms in total. The molecule has 0 saturated carbocycles. The van der Waals surface area contributed by atoms with E-state index in [4.69, 9.17) is 4.84 Å². The van der Waals surface area contributed by atoms with Gasteiger partial charge in [0.2, 0.25) is 0 Å². The van der Waals surface area contributed by atoms with Crippen LogP contribution in [0.5, 0.6) is 0 Å². The second kappa shape index (κ2) is 4.77. The van der Waals surface area contributed by atoms with Gasteiger partial charge in [0.1, 0.15) is 5.56 Å². The summed E-state index contributed by atoms with van der Waals surface area (Å²) in [4.78, 5) is 41.7. The number of carbonyl (C=O) groups is 3. The zero-order chi connectivity index (χ0) is 16.0. The summed E-state index contributed by atoms with van der Waals surface area (Å²) < 4.78 is 1.50. The molecule has 0 unspecified atom stereocenters. The third-order valence-corrected chi connectivity index (χ3v) is 3.58. The fourth-order valence-corrected chi connectivity index (χ4v) is 2.47. The molecule has 23 heavy (non-hydrogen) atoms. The lowest BCUT2D eigenvalue weighted by Crippen LogP contribution is -2.32. The molecular formula is C16H9N3O4. The maximum Gasteiger partial charge on any atom is 0.367 e. The largest absolute Gasteiger partial charge is 0.367 e. The molecule has 3 aromatic rings. The van der Waals surface area contributed by atoms with Crippen LogP contribution in [0, 0.1) is 0 Å². The van der Waals surface area contributed by atoms with Crippen LogP contribution in [-0.2, 0) is 4.84 Å². The molecule has 0 N–H and O–H groups in total. The van der Waals surface area contributed by atoms with E-state index in [1.807, 2.05) is 0 Å². The molecule has 0 fully saturated rings. The van der Waals surface area contributed by atoms with Crippen molar-refractivity contribution < 1.29 is 19.2 Å². The predicted octanol–water partition coefficient (Wildman–Crippen LogP) is 1.70. The monoisotopic (exact) mass is 307 g/mol. The van der Waals surface area contributed by atoms with E-state index in [1.54, 1.807) is 36.5 Å². The van der Waals surface area contributed by atoms with Crippen LogP contribution in [0.4, 0.5) is 0 Å². The summed E-state index contributed by atoms with van der Waals surface area (Å²) in [7, 11) is 0. The quantitative estimate of drug-likeness (QED) is 0.673. The highest BCUT2D eigenvalue weighted by molar-refractivity contribution is 6.21. The van der Waals surface area contributed by atoms with Gasteiger partial charge in [-0.2, -0.15) is 5.10 Å². The smallest absolute Gasteiger partial charge is 0.324 e. The van der Waals surface area contributed by atoms with Crippen LogP contribution in [0.2, 0.25) is 0 Å². The molecule has 0 bridgehead atoms. The third kappa shape index (κ3) is 1.90. The second-order valence-electron chi connectivity index (χ2n) is 4.92. The van der Waals surface area contributed by atoms with Crippen molar-refractivity contribution in [2.24, 2.45) is 0 Å². The predicted molar refractivity (Wildman–Crippen MR) is 77.5 cm³/mol. The van der Waals surface area contributed by atoms with E-state index in [9.17, 15) is 14.4 Å². The zero-order valence-electron chi connectivity index (χ0n) is 11.7. The van der Waals surface area contributed by atoms with E-state index < -0.39 is 17.8 Å². The van der Waals surface area contributed by atoms with Crippen LogP contribution >= 0.6 is 0 Å². The van der Waals surface area contributed by atoms with Crippen molar-refractivity contribution in [3.63, 3.8) is 0 Å². The van der Waals surface area contributed by atoms with Crippen molar-refractivity contribution in [1.29, 1.82) is 0 Å². The van der Waals surface area contributed by atoms with Crippen molar-refractivity contribution in [3.8, 4) is 0 Å². The number of rotatable bonds is 2. The molecule has 0 aliphatic carbocycles. The Bertz CT molecular complexity index is 941. The summed E-state index contributed by atoms with van der Waals surface area (Å²) in [6.07, 6.45) is 3.00. The molecule has 0 atom stereocenters. The number of hydrogen-bond acceptors (Lipinski definition) is 5. The van der Waals surface area contributed by atoms with Crippen LogP contribution in [0.1, 0.15) is 31.1 Å². The highest BCUT2D eigenvalue weighted by Gasteiger charge is 2.39. The Kier molecular flexibility index (Phi) is 2.74. The van der Waals surface area contributed by atoms with Crippen LogP contribution in [0.3, 0.4) is 0 Å². The third-order valence-electron chi connectivity index (χ3n) is 3.58. The average Bonchev–Trinajstić information content (AvgIpc) is 3.11. The molecule has 0 spiro atoms. The van der Waals surface area contributed by atoms with E-state index in [2.05, 4.69) is 5.10 Å². The van der Waals surface area contributed by atoms with Crippen LogP contribution < -0.4 is 0 Å². The van der Waals surface area contributed by atoms with Crippen molar-refractivity contribution in [2.75, 3.05) is 0 Å². The fourth-order valence-electron chi connectivity index (χ4n) is 2.47. The molecule has 0 saturated heterocycles. The van der Waals surface area contributed by atoms with Gasteiger partial charge >= 0.3 is 5.97 Å². The van der Waals surface area contributed by atoms with Gasteiger partial charge in [-0.05, 0) is 24.3 Å². The first-order valence-electron chi connectivity index (χ1n) is 6.79. The van der Waals surface area contributed by atoms with E-state index in [-0.39, 0.29) is 16.7 Å². The molecule has 2 aromatic heterocycles. The molecule has 4 rings (SSSR count). The molecule has 1 aromatic carbocycles. The number of pyridine rings is 1. The van der Waals surface area contributed by atoms with E-state index >= 15 is 0 Å². The maximum absolute atomic E-state index is 12.3. The van der Waals surface area contributed by atoms with Gasteiger partial charge in [0.15, 0.2) is 0 Å². The molecule has 112 valence electrons. The van der Waals surface area contributed by atoms with Gasteiger partial charge in [-0.3, -0.25) is 9.59 Å². The Balaban J connectivity index is 1.65. The highest BCUT2D eigenvalue weighted by Crippen LogP contribution is 2.23. The van der Waals surface area contributed by atoms with Gasteiger partial charge in [-0.1, -0.05) is 23.3 Å². The summed E-state index contributed by atoms with van der Waals surface area (Å²) >= 11 is 0. The first kappa shape index (κ1) is 13.2. The minimum atomic E-state index is -0.819. The van der Waals surface area contributed by atoms with Crippen molar-refractivity contribution in [3.05, 3.63) is 71.5 Å². The van der Waals surface area contributed by atoms with Crippen LogP contribution in [0.15, 0.2) is 54.9 Å². The molecule has 7 heteroatoms. The topological polar surface area (TPSA) is 81.0 Å². The van der Waals surface area contributed by atoms with Crippen molar-refractivity contribution in [1.82, 2.24) is 14.7 Å². The highest BCUT2D eigenvalue weighted by atomic mass is 16.7. The second-order valence-corrected chi connectivity index (χ2v) is 4.92. The molecule has 1 aliphatic heterocycles. The Morgan fingerprint density at radius 1 is 0.957 bits per heavy atom. The first-order valence-corrected chi connectivity index (χ1v) is 6.79. The minimum Gasteiger partial charge on any atom is -0.324 e. The lowest BCUT2D eigenvalue weighted by molar-refractivity contribution is -0.0583. The molecular weight excluding hydrogens is 298 g/mol. The van der Waals surface area contributed by atoms with Crippen molar-refractivity contribution >= 4 is 23.3 Å². The average molecular weight is 307 g/mol. The number of fused-ring (bicyclic) bond motifs is 2. The lowest BCUT2D eigenvalue weighted by atomic mass is 10.1. The number of nitrogens with zero attached hydrogens (tertiary/aromatic N) is 3. The molecule has 1 aliphatic rings. The molecule has 0 radical (unpaired) electrons. The normalized spacial score (nSPS) is 13.5. The number of benzene rings is 1. The number of hydrogen-bond donors (Lipinski definition) is 0. The maximum atomic E-state index is 12.3. The number of amides is 2. The Labute approximate surface area is 129 Å². The summed E-state index contributed by atoms with van der Waals surface area (Å²) in [6.45, 7) is 0. The first-order chi connectivity index (χ1) is 11.2. The number of hydroxylamine groups is 2. The SMILES string of the molecule is O=C(ON1C(=O)c2ccccc2C1=O)c1cnn2ccccc12. The molecule has 3 heterocycles. The van der Waals surface area contributed by atoms with Crippen LogP contribution in [0.25, 0.3) is 5.52 Å². The Morgan fingerprint density at radius 2 is 1.61 bits per heavy atom. The van der Waals surface area contributed by atoms with E-state index in [0.717, 1.165) is 0 Å². The number of aromatic nitrogens is 2. The summed E-state index contributed by atoms with van der Waals surface area (Å²) in [5, 5.41) is 4.50. The van der Waals surface area contributed by atoms with Crippen LogP contribution in [-0.4, -0.2) is 32.5 Å². The number of carbonyl (C=O) groups excluding carboxylic acids is 3. The van der Waals surface area contributed by atoms with E-state index in [0.29, 0.717) is 10.6 Å². The van der Waals surface area contributed by atoms with Gasteiger partial charge < -0.3 is 4.84 Å². The Hall–Kier alpha value is -3.48. The minimum absolute atomic E-state index is 0.169. The fraction of sp³-hybridized carbons (Fsp3) is 0. The zero-order valence-corrected chi connectivity index (χ0v) is 11.7. The lowest BCUT2D eigenvalue weighted by Gasteiger charge is -2.11. The number of imide groups is 1. The van der Waals surface area contributed by atoms with Crippen molar-refractivity contribution in [2.45, 2.75) is 0 Å². The van der Waals surface area contributed by atoms with Gasteiger partial charge in [0.05, 0.1) is 22.8 Å². The Morgan fingerprint density at radius 3 is 2.30 bits per heavy atom. The van der Waals surface area contributed by atoms with Gasteiger partial charge in [-0.15, -0.1) is 0 Å². The summed E-state index contributed by atoms with van der Waals surface area (Å²) in [6, 6.07) is 11.5. The summed E-state index contributed by atoms with van der Waals surface area (Å²) in [5.41, 5.74) is 1.12. The van der Waals surface area contributed by atoms with E-state index in [1.165, 1.54) is 22.8 Å². The van der Waals surface area contributed by atoms with Gasteiger partial charge in [0, 0.05) is 6.20 Å². The van der Waals surface area contributed by atoms with Gasteiger partial charge in [-0.25, -0.2) is 9.31 Å². The molecule has 2 amide bonds. The van der Waals surface area contributed by atoms with Gasteiger partial charge in [0.25, 0.3) is 11.8 Å².